The van der Waals surface area contributed by atoms with Crippen molar-refractivity contribution in [2.45, 2.75) is 26.4 Å². The summed E-state index contributed by atoms with van der Waals surface area (Å²) in [7, 11) is 0. The second kappa shape index (κ2) is 5.72. The minimum absolute atomic E-state index is 0.257. The average Bonchev–Trinajstić information content (AvgIpc) is 2.91. The summed E-state index contributed by atoms with van der Waals surface area (Å²) in [4.78, 5) is 12.9. The highest BCUT2D eigenvalue weighted by molar-refractivity contribution is 5.69. The molecule has 2 heterocycles. The predicted molar refractivity (Wildman–Crippen MR) is 62.5 cm³/mol. The third-order valence-electron chi connectivity index (χ3n) is 2.63. The molecule has 5 heteroatoms. The molecule has 1 aromatic rings. The van der Waals surface area contributed by atoms with Crippen LogP contribution < -0.4 is 5.32 Å². The third kappa shape index (κ3) is 3.23. The number of nitrogens with zero attached hydrogens (tertiary/aromatic N) is 1. The van der Waals surface area contributed by atoms with E-state index in [9.17, 15) is 4.79 Å². The van der Waals surface area contributed by atoms with Crippen LogP contribution in [-0.4, -0.2) is 30.7 Å². The normalized spacial score (nSPS) is 15.4. The van der Waals surface area contributed by atoms with Gasteiger partial charge in [0.1, 0.15) is 18.1 Å². The molecule has 0 bridgehead atoms. The van der Waals surface area contributed by atoms with Crippen molar-refractivity contribution < 1.29 is 13.9 Å². The van der Waals surface area contributed by atoms with Crippen LogP contribution in [0, 0.1) is 0 Å². The third-order valence-corrected chi connectivity index (χ3v) is 2.63. The van der Waals surface area contributed by atoms with E-state index in [1.165, 1.54) is 0 Å². The molecule has 0 spiro atoms. The summed E-state index contributed by atoms with van der Waals surface area (Å²) in [5.41, 5.74) is 0. The first-order valence-corrected chi connectivity index (χ1v) is 5.99. The van der Waals surface area contributed by atoms with Gasteiger partial charge in [0.05, 0.1) is 19.6 Å². The monoisotopic (exact) mass is 238 g/mol. The zero-order valence-electron chi connectivity index (χ0n) is 10.1. The molecular formula is C12H18N2O3. The van der Waals surface area contributed by atoms with Gasteiger partial charge >= 0.3 is 6.09 Å². The van der Waals surface area contributed by atoms with E-state index in [0.717, 1.165) is 31.0 Å². The molecule has 17 heavy (non-hydrogen) atoms. The first-order valence-electron chi connectivity index (χ1n) is 5.99. The van der Waals surface area contributed by atoms with Crippen molar-refractivity contribution in [3.05, 3.63) is 23.7 Å². The van der Waals surface area contributed by atoms with Crippen LogP contribution in [0.2, 0.25) is 0 Å². The zero-order chi connectivity index (χ0) is 12.1. The van der Waals surface area contributed by atoms with Crippen molar-refractivity contribution in [2.75, 3.05) is 19.7 Å². The average molecular weight is 238 g/mol. The number of nitrogens with one attached hydrogen (secondary N) is 1. The van der Waals surface area contributed by atoms with Crippen LogP contribution in [0.1, 0.15) is 24.9 Å². The standard InChI is InChI=1S/C12H18N2O3/c1-2-5-13-8-10-3-4-11(17-10)9-14-6-7-16-12(14)15/h3-4,13H,2,5-9H2,1H3. The summed E-state index contributed by atoms with van der Waals surface area (Å²) in [6.45, 7) is 5.45. The Kier molecular flexibility index (Phi) is 4.03. The number of amides is 1. The Morgan fingerprint density at radius 2 is 2.24 bits per heavy atom. The van der Waals surface area contributed by atoms with Crippen molar-refractivity contribution in [2.24, 2.45) is 0 Å². The minimum atomic E-state index is -0.257. The van der Waals surface area contributed by atoms with Crippen molar-refractivity contribution >= 4 is 6.09 Å². The van der Waals surface area contributed by atoms with Gasteiger partial charge in [-0.25, -0.2) is 4.79 Å². The van der Waals surface area contributed by atoms with Gasteiger partial charge in [-0.1, -0.05) is 6.92 Å². The lowest BCUT2D eigenvalue weighted by Crippen LogP contribution is -2.23. The van der Waals surface area contributed by atoms with Crippen LogP contribution in [0.15, 0.2) is 16.5 Å². The summed E-state index contributed by atoms with van der Waals surface area (Å²) in [5, 5.41) is 3.27. The second-order valence-electron chi connectivity index (χ2n) is 4.08. The molecule has 0 radical (unpaired) electrons. The van der Waals surface area contributed by atoms with Crippen molar-refractivity contribution in [1.82, 2.24) is 10.2 Å². The van der Waals surface area contributed by atoms with Gasteiger partial charge in [-0.2, -0.15) is 0 Å². The number of hydrogen-bond donors (Lipinski definition) is 1. The largest absolute Gasteiger partial charge is 0.463 e. The smallest absolute Gasteiger partial charge is 0.410 e. The number of cyclic esters (lactones) is 1. The first-order chi connectivity index (χ1) is 8.29. The number of ether oxygens (including phenoxy) is 1. The van der Waals surface area contributed by atoms with Crippen LogP contribution in [0.3, 0.4) is 0 Å². The van der Waals surface area contributed by atoms with E-state index in [1.807, 2.05) is 12.1 Å². The number of carbonyl (C=O) groups excluding carboxylic acids is 1. The lowest BCUT2D eigenvalue weighted by atomic mass is 10.4. The summed E-state index contributed by atoms with van der Waals surface area (Å²) in [5.74, 6) is 1.71. The molecule has 1 aliphatic heterocycles. The first kappa shape index (κ1) is 12.0. The van der Waals surface area contributed by atoms with Crippen molar-refractivity contribution in [1.29, 1.82) is 0 Å². The quantitative estimate of drug-likeness (QED) is 0.767. The summed E-state index contributed by atoms with van der Waals surface area (Å²) >= 11 is 0. The number of hydrogen-bond acceptors (Lipinski definition) is 4. The molecule has 1 aromatic heterocycles. The van der Waals surface area contributed by atoms with Crippen LogP contribution in [0.25, 0.3) is 0 Å². The maximum absolute atomic E-state index is 11.2. The molecule has 94 valence electrons. The molecule has 5 nitrogen and oxygen atoms in total. The van der Waals surface area contributed by atoms with Gasteiger partial charge in [-0.15, -0.1) is 0 Å². The van der Waals surface area contributed by atoms with Gasteiger partial charge in [0, 0.05) is 0 Å². The van der Waals surface area contributed by atoms with Gasteiger partial charge in [0.25, 0.3) is 0 Å². The summed E-state index contributed by atoms with van der Waals surface area (Å²) in [6, 6.07) is 3.86. The van der Waals surface area contributed by atoms with Gasteiger partial charge in [0.15, 0.2) is 0 Å². The van der Waals surface area contributed by atoms with E-state index < -0.39 is 0 Å². The fourth-order valence-electron chi connectivity index (χ4n) is 1.75. The van der Waals surface area contributed by atoms with Crippen LogP contribution in [0.5, 0.6) is 0 Å². The highest BCUT2D eigenvalue weighted by atomic mass is 16.6. The Bertz CT molecular complexity index is 376. The zero-order valence-corrected chi connectivity index (χ0v) is 10.1. The molecule has 1 fully saturated rings. The molecule has 1 N–H and O–H groups in total. The fraction of sp³-hybridized carbons (Fsp3) is 0.583. The minimum Gasteiger partial charge on any atom is -0.463 e. The van der Waals surface area contributed by atoms with Gasteiger partial charge in [-0.3, -0.25) is 4.90 Å². The Labute approximate surface area is 101 Å². The van der Waals surface area contributed by atoms with Crippen molar-refractivity contribution in [3.63, 3.8) is 0 Å². The van der Waals surface area contributed by atoms with Crippen molar-refractivity contribution in [3.8, 4) is 0 Å². The summed E-state index contributed by atoms with van der Waals surface area (Å²) in [6.07, 6.45) is 0.847. The van der Waals surface area contributed by atoms with E-state index in [4.69, 9.17) is 9.15 Å². The Morgan fingerprint density at radius 1 is 1.41 bits per heavy atom. The molecular weight excluding hydrogens is 220 g/mol. The van der Waals surface area contributed by atoms with E-state index >= 15 is 0 Å². The van der Waals surface area contributed by atoms with E-state index in [-0.39, 0.29) is 6.09 Å². The van der Waals surface area contributed by atoms with Crippen LogP contribution in [-0.2, 0) is 17.8 Å². The number of rotatable bonds is 6. The van der Waals surface area contributed by atoms with Gasteiger partial charge < -0.3 is 14.5 Å². The number of carbonyl (C=O) groups is 1. The highest BCUT2D eigenvalue weighted by Crippen LogP contribution is 2.13. The van der Waals surface area contributed by atoms with Gasteiger partial charge in [0.2, 0.25) is 0 Å². The van der Waals surface area contributed by atoms with Crippen LogP contribution >= 0.6 is 0 Å². The Morgan fingerprint density at radius 3 is 2.94 bits per heavy atom. The molecule has 0 unspecified atom stereocenters. The predicted octanol–water partition coefficient (Wildman–Crippen LogP) is 1.73. The second-order valence-corrected chi connectivity index (χ2v) is 4.08. The lowest BCUT2D eigenvalue weighted by molar-refractivity contribution is 0.155. The molecule has 0 aliphatic carbocycles. The lowest BCUT2D eigenvalue weighted by Gasteiger charge is -2.09. The Balaban J connectivity index is 1.83. The van der Waals surface area contributed by atoms with E-state index in [2.05, 4.69) is 12.2 Å². The van der Waals surface area contributed by atoms with Crippen LogP contribution in [0.4, 0.5) is 4.79 Å². The molecule has 0 atom stereocenters. The maximum Gasteiger partial charge on any atom is 0.410 e. The summed E-state index contributed by atoms with van der Waals surface area (Å²) < 4.78 is 10.5. The molecule has 2 rings (SSSR count). The number of furan rings is 1. The van der Waals surface area contributed by atoms with E-state index in [1.54, 1.807) is 4.90 Å². The topological polar surface area (TPSA) is 54.7 Å². The maximum atomic E-state index is 11.2. The highest BCUT2D eigenvalue weighted by Gasteiger charge is 2.22. The van der Waals surface area contributed by atoms with Gasteiger partial charge in [-0.05, 0) is 25.1 Å². The molecule has 1 saturated heterocycles. The molecule has 0 saturated carbocycles. The molecule has 1 aliphatic rings. The SMILES string of the molecule is CCCNCc1ccc(CN2CCOC2=O)o1. The van der Waals surface area contributed by atoms with E-state index in [0.29, 0.717) is 19.7 Å². The molecule has 1 amide bonds. The Hall–Kier alpha value is -1.49. The fourth-order valence-corrected chi connectivity index (χ4v) is 1.75. The molecule has 0 aromatic carbocycles.